The first-order valence-corrected chi connectivity index (χ1v) is 7.14. The summed E-state index contributed by atoms with van der Waals surface area (Å²) in [4.78, 5) is 4.14. The van der Waals surface area contributed by atoms with E-state index in [9.17, 15) is 0 Å². The minimum Gasteiger partial charge on any atom is -0.264 e. The molecule has 1 radical (unpaired) electrons. The van der Waals surface area contributed by atoms with Crippen molar-refractivity contribution in [3.8, 4) is 0 Å². The Morgan fingerprint density at radius 1 is 1.06 bits per heavy atom. The first kappa shape index (κ1) is 14.2. The van der Waals surface area contributed by atoms with Crippen molar-refractivity contribution in [2.75, 3.05) is 0 Å². The van der Waals surface area contributed by atoms with Crippen molar-refractivity contribution in [2.24, 2.45) is 0 Å². The Bertz CT molecular complexity index is 255. The molecule has 0 aliphatic heterocycles. The number of aryl methyl sites for hydroxylation is 1. The first-order chi connectivity index (χ1) is 8.43. The number of hydrogen-bond acceptors (Lipinski definition) is 1. The Morgan fingerprint density at radius 3 is 2.59 bits per heavy atom. The molecule has 1 rings (SSSR count). The molecule has 0 spiro atoms. The van der Waals surface area contributed by atoms with Crippen molar-refractivity contribution in [1.82, 2.24) is 4.98 Å². The van der Waals surface area contributed by atoms with Gasteiger partial charge in [0.15, 0.2) is 0 Å². The van der Waals surface area contributed by atoms with Crippen LogP contribution in [0, 0.1) is 6.42 Å². The van der Waals surface area contributed by atoms with E-state index < -0.39 is 0 Å². The molecule has 0 aliphatic carbocycles. The van der Waals surface area contributed by atoms with Crippen molar-refractivity contribution in [2.45, 2.75) is 64.7 Å². The van der Waals surface area contributed by atoms with Crippen LogP contribution in [0.2, 0.25) is 0 Å². The van der Waals surface area contributed by atoms with Crippen LogP contribution in [0.5, 0.6) is 0 Å². The number of unbranched alkanes of at least 4 members (excludes halogenated alkanes) is 8. The Hall–Kier alpha value is -0.850. The van der Waals surface area contributed by atoms with E-state index in [1.165, 1.54) is 63.4 Å². The van der Waals surface area contributed by atoms with Crippen molar-refractivity contribution >= 4 is 0 Å². The lowest BCUT2D eigenvalue weighted by molar-refractivity contribution is 0.638. The fraction of sp³-hybridized carbons (Fsp3) is 0.625. The lowest BCUT2D eigenvalue weighted by Gasteiger charge is -2.02. The summed E-state index contributed by atoms with van der Waals surface area (Å²) >= 11 is 0. The second-order valence-electron chi connectivity index (χ2n) is 4.75. The van der Waals surface area contributed by atoms with Crippen LogP contribution in [0.4, 0.5) is 0 Å². The maximum absolute atomic E-state index is 4.14. The predicted molar refractivity (Wildman–Crippen MR) is 74.9 cm³/mol. The molecule has 1 aromatic rings. The van der Waals surface area contributed by atoms with E-state index in [0.717, 1.165) is 0 Å². The quantitative estimate of drug-likeness (QED) is 0.519. The fourth-order valence-corrected chi connectivity index (χ4v) is 2.02. The molecule has 0 saturated carbocycles. The Kier molecular flexibility index (Phi) is 8.62. The summed E-state index contributed by atoms with van der Waals surface area (Å²) in [6, 6.07) is 4.20. The fourth-order valence-electron chi connectivity index (χ4n) is 2.02. The van der Waals surface area contributed by atoms with Gasteiger partial charge in [-0.3, -0.25) is 4.98 Å². The van der Waals surface area contributed by atoms with Gasteiger partial charge in [-0.2, -0.15) is 0 Å². The summed E-state index contributed by atoms with van der Waals surface area (Å²) in [5.41, 5.74) is 1.37. The highest BCUT2D eigenvalue weighted by molar-refractivity contribution is 5.08. The molecule has 1 heteroatoms. The standard InChI is InChI=1S/C16H26N/c1-2-3-4-5-6-7-8-9-10-12-16-13-11-14-17-15-16/h6,11,13-15H,2-5,7-10,12H2,1H3. The number of hydrogen-bond donors (Lipinski definition) is 0. The van der Waals surface area contributed by atoms with Crippen LogP contribution in [-0.4, -0.2) is 4.98 Å². The Morgan fingerprint density at radius 2 is 1.88 bits per heavy atom. The topological polar surface area (TPSA) is 12.9 Å². The van der Waals surface area contributed by atoms with Crippen LogP contribution in [-0.2, 0) is 6.42 Å². The highest BCUT2D eigenvalue weighted by Crippen LogP contribution is 2.10. The largest absolute Gasteiger partial charge is 0.264 e. The van der Waals surface area contributed by atoms with Crippen LogP contribution in [0.25, 0.3) is 0 Å². The van der Waals surface area contributed by atoms with Crippen LogP contribution in [0.15, 0.2) is 24.5 Å². The summed E-state index contributed by atoms with van der Waals surface area (Å²) in [5, 5.41) is 0. The normalized spacial score (nSPS) is 10.6. The van der Waals surface area contributed by atoms with Gasteiger partial charge in [-0.15, -0.1) is 0 Å². The van der Waals surface area contributed by atoms with Crippen molar-refractivity contribution < 1.29 is 0 Å². The predicted octanol–water partition coefficient (Wildman–Crippen LogP) is 4.97. The molecule has 95 valence electrons. The van der Waals surface area contributed by atoms with Gasteiger partial charge < -0.3 is 0 Å². The van der Waals surface area contributed by atoms with Gasteiger partial charge >= 0.3 is 0 Å². The van der Waals surface area contributed by atoms with Gasteiger partial charge in [0.2, 0.25) is 0 Å². The monoisotopic (exact) mass is 232 g/mol. The van der Waals surface area contributed by atoms with Crippen LogP contribution in [0.3, 0.4) is 0 Å². The maximum atomic E-state index is 4.14. The Balaban J connectivity index is 1.85. The molecule has 0 amide bonds. The molecule has 0 N–H and O–H groups in total. The highest BCUT2D eigenvalue weighted by atomic mass is 14.6. The van der Waals surface area contributed by atoms with Gasteiger partial charge in [0, 0.05) is 12.4 Å². The molecule has 0 aromatic carbocycles. The van der Waals surface area contributed by atoms with Gasteiger partial charge in [0.1, 0.15) is 0 Å². The molecule has 0 saturated heterocycles. The summed E-state index contributed by atoms with van der Waals surface area (Å²) in [7, 11) is 0. The van der Waals surface area contributed by atoms with E-state index in [2.05, 4.69) is 24.4 Å². The SMILES string of the molecule is CCCCC[CH]CCCCCc1cccnc1. The van der Waals surface area contributed by atoms with E-state index in [-0.39, 0.29) is 0 Å². The van der Waals surface area contributed by atoms with Crippen molar-refractivity contribution in [3.05, 3.63) is 36.5 Å². The van der Waals surface area contributed by atoms with E-state index in [0.29, 0.717) is 0 Å². The minimum atomic E-state index is 1.18. The number of aromatic nitrogens is 1. The number of nitrogens with zero attached hydrogens (tertiary/aromatic N) is 1. The number of pyridine rings is 1. The lowest BCUT2D eigenvalue weighted by atomic mass is 10.0. The van der Waals surface area contributed by atoms with Gasteiger partial charge in [-0.05, 0) is 30.9 Å². The lowest BCUT2D eigenvalue weighted by Crippen LogP contribution is -1.87. The first-order valence-electron chi connectivity index (χ1n) is 7.14. The van der Waals surface area contributed by atoms with E-state index in [1.807, 2.05) is 18.5 Å². The highest BCUT2D eigenvalue weighted by Gasteiger charge is 1.94. The molecule has 17 heavy (non-hydrogen) atoms. The molecule has 0 unspecified atom stereocenters. The summed E-state index contributed by atoms with van der Waals surface area (Å²) in [6.45, 7) is 2.26. The second kappa shape index (κ2) is 10.3. The third-order valence-electron chi connectivity index (χ3n) is 3.11. The van der Waals surface area contributed by atoms with Gasteiger partial charge in [0.25, 0.3) is 0 Å². The molecule has 0 bridgehead atoms. The molecule has 0 aliphatic rings. The average Bonchev–Trinajstić information content (AvgIpc) is 2.38. The molecular formula is C16H26N. The van der Waals surface area contributed by atoms with Crippen LogP contribution < -0.4 is 0 Å². The van der Waals surface area contributed by atoms with Crippen LogP contribution >= 0.6 is 0 Å². The smallest absolute Gasteiger partial charge is 0.0299 e. The minimum absolute atomic E-state index is 1.18. The summed E-state index contributed by atoms with van der Waals surface area (Å²) in [6.07, 6.45) is 18.2. The molecule has 1 aromatic heterocycles. The van der Waals surface area contributed by atoms with Gasteiger partial charge in [-0.25, -0.2) is 0 Å². The van der Waals surface area contributed by atoms with Crippen molar-refractivity contribution in [3.63, 3.8) is 0 Å². The zero-order valence-electron chi connectivity index (χ0n) is 11.2. The maximum Gasteiger partial charge on any atom is 0.0299 e. The third-order valence-corrected chi connectivity index (χ3v) is 3.11. The third kappa shape index (κ3) is 7.95. The zero-order valence-corrected chi connectivity index (χ0v) is 11.2. The van der Waals surface area contributed by atoms with Crippen LogP contribution in [0.1, 0.15) is 63.9 Å². The summed E-state index contributed by atoms with van der Waals surface area (Å²) < 4.78 is 0. The van der Waals surface area contributed by atoms with E-state index in [4.69, 9.17) is 0 Å². The zero-order chi connectivity index (χ0) is 12.2. The molecule has 1 heterocycles. The average molecular weight is 232 g/mol. The summed E-state index contributed by atoms with van der Waals surface area (Å²) in [5.74, 6) is 0. The van der Waals surface area contributed by atoms with Gasteiger partial charge in [-0.1, -0.05) is 57.9 Å². The van der Waals surface area contributed by atoms with E-state index >= 15 is 0 Å². The molecular weight excluding hydrogens is 206 g/mol. The molecule has 1 nitrogen and oxygen atoms in total. The second-order valence-corrected chi connectivity index (χ2v) is 4.75. The van der Waals surface area contributed by atoms with Gasteiger partial charge in [0.05, 0.1) is 0 Å². The Labute approximate surface area is 107 Å². The molecule has 0 atom stereocenters. The van der Waals surface area contributed by atoms with E-state index in [1.54, 1.807) is 0 Å². The van der Waals surface area contributed by atoms with Crippen molar-refractivity contribution in [1.29, 1.82) is 0 Å². The molecule has 0 fully saturated rings. The number of rotatable bonds is 10.